The lowest BCUT2D eigenvalue weighted by atomic mass is 10.0. The number of benzene rings is 1. The van der Waals surface area contributed by atoms with Crippen molar-refractivity contribution < 1.29 is 4.79 Å². The van der Waals surface area contributed by atoms with Gasteiger partial charge in [0.25, 0.3) is 0 Å². The van der Waals surface area contributed by atoms with Crippen molar-refractivity contribution >= 4 is 29.4 Å². The number of hydrogen-bond acceptors (Lipinski definition) is 2. The number of pyridine rings is 1. The average molecular weight is 301 g/mol. The van der Waals surface area contributed by atoms with Gasteiger partial charge in [0.2, 0.25) is 5.91 Å². The highest BCUT2D eigenvalue weighted by Gasteiger charge is 2.00. The number of hydrogen-bond donors (Lipinski definition) is 1. The van der Waals surface area contributed by atoms with Gasteiger partial charge >= 0.3 is 0 Å². The van der Waals surface area contributed by atoms with Gasteiger partial charge in [-0.05, 0) is 35.3 Å². The van der Waals surface area contributed by atoms with Crippen LogP contribution in [0.4, 0.5) is 5.82 Å². The van der Waals surface area contributed by atoms with E-state index < -0.39 is 0 Å². The zero-order chi connectivity index (χ0) is 15.2. The maximum atomic E-state index is 11.8. The molecule has 0 saturated heterocycles. The fourth-order valence-electron chi connectivity index (χ4n) is 1.81. The molecule has 1 heterocycles. The van der Waals surface area contributed by atoms with Crippen molar-refractivity contribution in [2.24, 2.45) is 0 Å². The number of rotatable bonds is 4. The van der Waals surface area contributed by atoms with Crippen LogP contribution in [-0.4, -0.2) is 10.9 Å². The normalized spacial score (nSPS) is 11.0. The lowest BCUT2D eigenvalue weighted by Crippen LogP contribution is -2.08. The van der Waals surface area contributed by atoms with Crippen molar-refractivity contribution in [1.82, 2.24) is 4.98 Å². The molecule has 4 heteroatoms. The third-order valence-corrected chi connectivity index (χ3v) is 3.21. The molecule has 2 rings (SSSR count). The van der Waals surface area contributed by atoms with Gasteiger partial charge < -0.3 is 5.32 Å². The first-order valence-electron chi connectivity index (χ1n) is 6.76. The van der Waals surface area contributed by atoms with Crippen molar-refractivity contribution in [3.63, 3.8) is 0 Å². The summed E-state index contributed by atoms with van der Waals surface area (Å²) < 4.78 is 0. The summed E-state index contributed by atoms with van der Waals surface area (Å²) in [5, 5.41) is 3.01. The molecule has 21 heavy (non-hydrogen) atoms. The van der Waals surface area contributed by atoms with E-state index in [-0.39, 0.29) is 5.91 Å². The molecule has 0 spiro atoms. The Morgan fingerprint density at radius 2 is 1.90 bits per heavy atom. The number of amides is 1. The van der Waals surface area contributed by atoms with Crippen molar-refractivity contribution in [3.8, 4) is 0 Å². The molecule has 2 aromatic rings. The Morgan fingerprint density at radius 3 is 2.52 bits per heavy atom. The zero-order valence-electron chi connectivity index (χ0n) is 12.0. The zero-order valence-corrected chi connectivity index (χ0v) is 12.8. The molecule has 0 saturated carbocycles. The van der Waals surface area contributed by atoms with Crippen LogP contribution in [0.3, 0.4) is 0 Å². The molecule has 0 aliphatic heterocycles. The molecule has 0 atom stereocenters. The molecule has 3 nitrogen and oxygen atoms in total. The van der Waals surface area contributed by atoms with E-state index in [4.69, 9.17) is 11.6 Å². The number of anilines is 1. The summed E-state index contributed by atoms with van der Waals surface area (Å²) in [7, 11) is 0. The summed E-state index contributed by atoms with van der Waals surface area (Å²) in [6, 6.07) is 13.2. The van der Waals surface area contributed by atoms with Crippen LogP contribution in [0.2, 0.25) is 5.15 Å². The van der Waals surface area contributed by atoms with Crippen LogP contribution < -0.4 is 5.32 Å². The number of aromatic nitrogens is 1. The number of halogens is 1. The van der Waals surface area contributed by atoms with Gasteiger partial charge in [-0.3, -0.25) is 4.79 Å². The van der Waals surface area contributed by atoms with Crippen molar-refractivity contribution in [2.75, 3.05) is 5.32 Å². The molecule has 0 bridgehead atoms. The van der Waals surface area contributed by atoms with Gasteiger partial charge in [0, 0.05) is 6.08 Å². The van der Waals surface area contributed by atoms with Crippen molar-refractivity contribution in [3.05, 3.63) is 64.8 Å². The minimum atomic E-state index is -0.238. The van der Waals surface area contributed by atoms with Gasteiger partial charge in [-0.1, -0.05) is 55.8 Å². The van der Waals surface area contributed by atoms with E-state index in [9.17, 15) is 4.79 Å². The number of carbonyl (C=O) groups excluding carboxylic acids is 1. The smallest absolute Gasteiger partial charge is 0.249 e. The van der Waals surface area contributed by atoms with E-state index in [1.807, 2.05) is 12.1 Å². The molecular weight excluding hydrogens is 284 g/mol. The van der Waals surface area contributed by atoms with E-state index >= 15 is 0 Å². The van der Waals surface area contributed by atoms with Gasteiger partial charge in [0.05, 0.1) is 0 Å². The second-order valence-electron chi connectivity index (χ2n) is 4.99. The Balaban J connectivity index is 1.98. The molecule has 1 aromatic carbocycles. The second kappa shape index (κ2) is 7.04. The third kappa shape index (κ3) is 4.72. The van der Waals surface area contributed by atoms with Gasteiger partial charge in [-0.15, -0.1) is 0 Å². The Morgan fingerprint density at radius 1 is 1.19 bits per heavy atom. The Hall–Kier alpha value is -2.13. The molecule has 1 amide bonds. The van der Waals surface area contributed by atoms with Crippen LogP contribution in [0, 0.1) is 0 Å². The molecule has 0 aliphatic rings. The maximum absolute atomic E-state index is 11.8. The van der Waals surface area contributed by atoms with Crippen LogP contribution >= 0.6 is 11.6 Å². The summed E-state index contributed by atoms with van der Waals surface area (Å²) in [4.78, 5) is 15.8. The first-order valence-corrected chi connectivity index (χ1v) is 7.14. The van der Waals surface area contributed by atoms with Crippen LogP contribution in [0.1, 0.15) is 30.9 Å². The molecule has 0 unspecified atom stereocenters. The fraction of sp³-hybridized carbons (Fsp3) is 0.176. The summed E-state index contributed by atoms with van der Waals surface area (Å²) >= 11 is 5.76. The Bertz CT molecular complexity index is 648. The summed E-state index contributed by atoms with van der Waals surface area (Å²) in [5.74, 6) is 0.699. The summed E-state index contributed by atoms with van der Waals surface area (Å²) in [6.07, 6.45) is 3.25. The third-order valence-electron chi connectivity index (χ3n) is 3.00. The van der Waals surface area contributed by atoms with Crippen LogP contribution in [-0.2, 0) is 4.79 Å². The minimum absolute atomic E-state index is 0.238. The second-order valence-corrected chi connectivity index (χ2v) is 5.38. The Kier molecular flexibility index (Phi) is 5.12. The molecule has 1 aromatic heterocycles. The SMILES string of the molecule is CC(C)c1ccc(/C=C/C(=O)Nc2cccc(Cl)n2)cc1. The number of nitrogens with zero attached hydrogens (tertiary/aromatic N) is 1. The molecule has 108 valence electrons. The van der Waals surface area contributed by atoms with Crippen LogP contribution in [0.15, 0.2) is 48.5 Å². The summed E-state index contributed by atoms with van der Waals surface area (Å²) in [6.45, 7) is 4.30. The topological polar surface area (TPSA) is 42.0 Å². The minimum Gasteiger partial charge on any atom is -0.307 e. The molecule has 1 N–H and O–H groups in total. The standard InChI is InChI=1S/C17H17ClN2O/c1-12(2)14-9-6-13(7-10-14)8-11-17(21)20-16-5-3-4-15(18)19-16/h3-12H,1-2H3,(H,19,20,21)/b11-8+. The molecule has 0 fully saturated rings. The van der Waals surface area contributed by atoms with Gasteiger partial charge in [0.15, 0.2) is 0 Å². The quantitative estimate of drug-likeness (QED) is 0.667. The highest BCUT2D eigenvalue weighted by Crippen LogP contribution is 2.15. The van der Waals surface area contributed by atoms with E-state index in [0.717, 1.165) is 5.56 Å². The van der Waals surface area contributed by atoms with E-state index in [1.165, 1.54) is 11.6 Å². The largest absolute Gasteiger partial charge is 0.307 e. The molecule has 0 aliphatic carbocycles. The van der Waals surface area contributed by atoms with Gasteiger partial charge in [-0.25, -0.2) is 4.98 Å². The highest BCUT2D eigenvalue weighted by molar-refractivity contribution is 6.29. The molecule has 0 radical (unpaired) electrons. The Labute approximate surface area is 129 Å². The first-order chi connectivity index (χ1) is 10.0. The van der Waals surface area contributed by atoms with E-state index in [1.54, 1.807) is 24.3 Å². The van der Waals surface area contributed by atoms with Crippen LogP contribution in [0.25, 0.3) is 6.08 Å². The average Bonchev–Trinajstić information content (AvgIpc) is 2.45. The van der Waals surface area contributed by atoms with E-state index in [2.05, 4.69) is 36.3 Å². The van der Waals surface area contributed by atoms with Gasteiger partial charge in [0.1, 0.15) is 11.0 Å². The monoisotopic (exact) mass is 300 g/mol. The van der Waals surface area contributed by atoms with Gasteiger partial charge in [-0.2, -0.15) is 0 Å². The highest BCUT2D eigenvalue weighted by atomic mass is 35.5. The molecular formula is C17H17ClN2O. The number of carbonyl (C=O) groups is 1. The summed E-state index contributed by atoms with van der Waals surface area (Å²) in [5.41, 5.74) is 2.26. The van der Waals surface area contributed by atoms with Crippen molar-refractivity contribution in [2.45, 2.75) is 19.8 Å². The van der Waals surface area contributed by atoms with Crippen molar-refractivity contribution in [1.29, 1.82) is 0 Å². The first kappa shape index (κ1) is 15.3. The predicted octanol–water partition coefficient (Wildman–Crippen LogP) is 4.51. The lowest BCUT2D eigenvalue weighted by molar-refractivity contribution is -0.111. The predicted molar refractivity (Wildman–Crippen MR) is 87.4 cm³/mol. The lowest BCUT2D eigenvalue weighted by Gasteiger charge is -2.04. The fourth-order valence-corrected chi connectivity index (χ4v) is 1.97. The number of nitrogens with one attached hydrogen (secondary N) is 1. The van der Waals surface area contributed by atoms with E-state index in [0.29, 0.717) is 16.9 Å². The van der Waals surface area contributed by atoms with Crippen LogP contribution in [0.5, 0.6) is 0 Å². The maximum Gasteiger partial charge on any atom is 0.249 e.